The molecular weight excluding hydrogens is 222 g/mol. The number of rotatable bonds is 3. The second-order valence-corrected chi connectivity index (χ2v) is 4.94. The average Bonchev–Trinajstić information content (AvgIpc) is 2.28. The molecule has 0 bridgehead atoms. The maximum Gasteiger partial charge on any atom is 0.0820 e. The molecule has 1 fully saturated rings. The van der Waals surface area contributed by atoms with Crippen LogP contribution < -0.4 is 11.1 Å². The van der Waals surface area contributed by atoms with Crippen LogP contribution in [-0.2, 0) is 0 Å². The predicted molar refractivity (Wildman–Crippen MR) is 67.7 cm³/mol. The number of pyridine rings is 1. The van der Waals surface area contributed by atoms with Gasteiger partial charge in [-0.25, -0.2) is 0 Å². The highest BCUT2D eigenvalue weighted by molar-refractivity contribution is 6.33. The molecule has 1 aromatic rings. The van der Waals surface area contributed by atoms with E-state index in [1.54, 1.807) is 12.4 Å². The van der Waals surface area contributed by atoms with Gasteiger partial charge in [0, 0.05) is 25.0 Å². The number of anilines is 1. The van der Waals surface area contributed by atoms with Crippen LogP contribution in [0, 0.1) is 5.92 Å². The lowest BCUT2D eigenvalue weighted by atomic mass is 9.86. The molecule has 1 aliphatic rings. The van der Waals surface area contributed by atoms with E-state index >= 15 is 0 Å². The monoisotopic (exact) mass is 239 g/mol. The number of nitrogens with two attached hydrogens (primary N) is 1. The van der Waals surface area contributed by atoms with Crippen molar-refractivity contribution in [3.63, 3.8) is 0 Å². The van der Waals surface area contributed by atoms with Gasteiger partial charge in [-0.2, -0.15) is 0 Å². The van der Waals surface area contributed by atoms with Gasteiger partial charge in [0.2, 0.25) is 0 Å². The van der Waals surface area contributed by atoms with Crippen LogP contribution in [0.2, 0.25) is 5.02 Å². The summed E-state index contributed by atoms with van der Waals surface area (Å²) in [6, 6.07) is 2.29. The number of hydrogen-bond donors (Lipinski definition) is 2. The molecule has 3 N–H and O–H groups in total. The maximum absolute atomic E-state index is 6.02. The van der Waals surface area contributed by atoms with Crippen LogP contribution in [0.25, 0.3) is 0 Å². The molecule has 0 amide bonds. The van der Waals surface area contributed by atoms with E-state index < -0.39 is 0 Å². The summed E-state index contributed by atoms with van der Waals surface area (Å²) in [5, 5.41) is 4.06. The molecular formula is C12H18ClN3. The SMILES string of the molecule is NC1CCCC(CNc2ccncc2Cl)C1. The van der Waals surface area contributed by atoms with Crippen molar-refractivity contribution in [2.45, 2.75) is 31.7 Å². The molecule has 3 nitrogen and oxygen atoms in total. The Morgan fingerprint density at radius 2 is 2.38 bits per heavy atom. The quantitative estimate of drug-likeness (QED) is 0.853. The van der Waals surface area contributed by atoms with Crippen LogP contribution >= 0.6 is 11.6 Å². The Morgan fingerprint density at radius 1 is 1.50 bits per heavy atom. The van der Waals surface area contributed by atoms with Crippen LogP contribution in [0.5, 0.6) is 0 Å². The van der Waals surface area contributed by atoms with Crippen LogP contribution in [0.1, 0.15) is 25.7 Å². The van der Waals surface area contributed by atoms with Gasteiger partial charge in [-0.15, -0.1) is 0 Å². The second kappa shape index (κ2) is 5.51. The Hall–Kier alpha value is -0.800. The zero-order valence-corrected chi connectivity index (χ0v) is 10.1. The normalized spacial score (nSPS) is 25.4. The number of nitrogens with zero attached hydrogens (tertiary/aromatic N) is 1. The van der Waals surface area contributed by atoms with Gasteiger partial charge in [-0.1, -0.05) is 18.0 Å². The predicted octanol–water partition coefficient (Wildman–Crippen LogP) is 2.66. The van der Waals surface area contributed by atoms with Crippen molar-refractivity contribution in [2.24, 2.45) is 11.7 Å². The van der Waals surface area contributed by atoms with Crippen molar-refractivity contribution in [3.8, 4) is 0 Å². The molecule has 2 rings (SSSR count). The largest absolute Gasteiger partial charge is 0.383 e. The first-order chi connectivity index (χ1) is 7.75. The summed E-state index contributed by atoms with van der Waals surface area (Å²) in [6.45, 7) is 0.956. The van der Waals surface area contributed by atoms with Crippen molar-refractivity contribution < 1.29 is 0 Å². The molecule has 0 saturated heterocycles. The van der Waals surface area contributed by atoms with Gasteiger partial charge in [0.05, 0.1) is 10.7 Å². The highest BCUT2D eigenvalue weighted by atomic mass is 35.5. The van der Waals surface area contributed by atoms with E-state index in [0.29, 0.717) is 17.0 Å². The first kappa shape index (κ1) is 11.7. The van der Waals surface area contributed by atoms with Crippen molar-refractivity contribution in [1.82, 2.24) is 4.98 Å². The lowest BCUT2D eigenvalue weighted by Gasteiger charge is -2.27. The third-order valence-electron chi connectivity index (χ3n) is 3.18. The molecule has 0 radical (unpaired) electrons. The summed E-state index contributed by atoms with van der Waals surface area (Å²) >= 11 is 6.02. The van der Waals surface area contributed by atoms with Gasteiger partial charge in [-0.05, 0) is 31.2 Å². The standard InChI is InChI=1S/C12H18ClN3/c13-11-8-15-5-4-12(11)16-7-9-2-1-3-10(14)6-9/h4-5,8-10H,1-3,6-7,14H2,(H,15,16). The van der Waals surface area contributed by atoms with E-state index in [1.165, 1.54) is 19.3 Å². The van der Waals surface area contributed by atoms with Crippen molar-refractivity contribution >= 4 is 17.3 Å². The Kier molecular flexibility index (Phi) is 4.02. The molecule has 1 saturated carbocycles. The van der Waals surface area contributed by atoms with Crippen molar-refractivity contribution in [2.75, 3.05) is 11.9 Å². The van der Waals surface area contributed by atoms with Gasteiger partial charge in [0.1, 0.15) is 0 Å². The van der Waals surface area contributed by atoms with Gasteiger partial charge in [-0.3, -0.25) is 4.98 Å². The highest BCUT2D eigenvalue weighted by Gasteiger charge is 2.18. The van der Waals surface area contributed by atoms with Gasteiger partial charge >= 0.3 is 0 Å². The van der Waals surface area contributed by atoms with E-state index in [1.807, 2.05) is 6.07 Å². The van der Waals surface area contributed by atoms with E-state index in [0.717, 1.165) is 18.7 Å². The molecule has 16 heavy (non-hydrogen) atoms. The van der Waals surface area contributed by atoms with Crippen molar-refractivity contribution in [3.05, 3.63) is 23.5 Å². The fourth-order valence-corrected chi connectivity index (χ4v) is 2.48. The summed E-state index contributed by atoms with van der Waals surface area (Å²) in [5.41, 5.74) is 6.93. The minimum absolute atomic E-state index is 0.383. The van der Waals surface area contributed by atoms with Gasteiger partial charge < -0.3 is 11.1 Å². The second-order valence-electron chi connectivity index (χ2n) is 4.53. The maximum atomic E-state index is 6.02. The van der Waals surface area contributed by atoms with Crippen LogP contribution in [0.15, 0.2) is 18.5 Å². The van der Waals surface area contributed by atoms with Crippen LogP contribution in [-0.4, -0.2) is 17.6 Å². The zero-order valence-electron chi connectivity index (χ0n) is 9.32. The van der Waals surface area contributed by atoms with E-state index in [-0.39, 0.29) is 0 Å². The Morgan fingerprint density at radius 3 is 3.12 bits per heavy atom. The number of aromatic nitrogens is 1. The van der Waals surface area contributed by atoms with Crippen LogP contribution in [0.3, 0.4) is 0 Å². The molecule has 1 aromatic heterocycles. The average molecular weight is 240 g/mol. The summed E-state index contributed by atoms with van der Waals surface area (Å²) in [5.74, 6) is 0.674. The fourth-order valence-electron chi connectivity index (χ4n) is 2.29. The number of halogens is 1. The fraction of sp³-hybridized carbons (Fsp3) is 0.583. The summed E-state index contributed by atoms with van der Waals surface area (Å²) in [7, 11) is 0. The number of nitrogens with one attached hydrogen (secondary N) is 1. The van der Waals surface area contributed by atoms with Gasteiger partial charge in [0.15, 0.2) is 0 Å². The molecule has 0 spiro atoms. The summed E-state index contributed by atoms with van der Waals surface area (Å²) < 4.78 is 0. The molecule has 1 aliphatic carbocycles. The molecule has 2 unspecified atom stereocenters. The third-order valence-corrected chi connectivity index (χ3v) is 3.48. The summed E-state index contributed by atoms with van der Waals surface area (Å²) in [4.78, 5) is 3.96. The van der Waals surface area contributed by atoms with E-state index in [4.69, 9.17) is 17.3 Å². The minimum atomic E-state index is 0.383. The molecule has 4 heteroatoms. The van der Waals surface area contributed by atoms with E-state index in [9.17, 15) is 0 Å². The minimum Gasteiger partial charge on any atom is -0.383 e. The Balaban J connectivity index is 1.85. The summed E-state index contributed by atoms with van der Waals surface area (Å²) in [6.07, 6.45) is 8.22. The first-order valence-corrected chi connectivity index (χ1v) is 6.22. The molecule has 0 aromatic carbocycles. The molecule has 88 valence electrons. The lowest BCUT2D eigenvalue weighted by molar-refractivity contribution is 0.335. The third kappa shape index (κ3) is 3.09. The molecule has 1 heterocycles. The van der Waals surface area contributed by atoms with Gasteiger partial charge in [0.25, 0.3) is 0 Å². The number of hydrogen-bond acceptors (Lipinski definition) is 3. The lowest BCUT2D eigenvalue weighted by Crippen LogP contribution is -2.30. The van der Waals surface area contributed by atoms with Crippen molar-refractivity contribution in [1.29, 1.82) is 0 Å². The molecule has 0 aliphatic heterocycles. The Bertz CT molecular complexity index is 343. The Labute approximate surface area is 101 Å². The molecule has 2 atom stereocenters. The first-order valence-electron chi connectivity index (χ1n) is 5.84. The topological polar surface area (TPSA) is 50.9 Å². The van der Waals surface area contributed by atoms with E-state index in [2.05, 4.69) is 10.3 Å². The smallest absolute Gasteiger partial charge is 0.0820 e. The zero-order chi connectivity index (χ0) is 11.4. The van der Waals surface area contributed by atoms with Crippen LogP contribution in [0.4, 0.5) is 5.69 Å². The highest BCUT2D eigenvalue weighted by Crippen LogP contribution is 2.25.